The van der Waals surface area contributed by atoms with E-state index in [0.29, 0.717) is 17.7 Å². The number of nitrogens with one attached hydrogen (secondary N) is 1. The summed E-state index contributed by atoms with van der Waals surface area (Å²) in [7, 11) is -3.43. The number of rotatable bonds is 7. The maximum absolute atomic E-state index is 13.0. The Morgan fingerprint density at radius 2 is 1.60 bits per heavy atom. The van der Waals surface area contributed by atoms with Gasteiger partial charge in [-0.25, -0.2) is 8.42 Å². The normalized spacial score (nSPS) is 12.9. The lowest BCUT2D eigenvalue weighted by Crippen LogP contribution is -2.33. The third-order valence-electron chi connectivity index (χ3n) is 5.78. The maximum Gasteiger partial charge on any atom is 0.416 e. The van der Waals surface area contributed by atoms with E-state index in [4.69, 9.17) is 0 Å². The molecule has 1 aromatic heterocycles. The first kappa shape index (κ1) is 26.2. The molecule has 1 N–H and O–H groups in total. The number of hydrogen-bond acceptors (Lipinski definition) is 4. The lowest BCUT2D eigenvalue weighted by atomic mass is 10.1. The number of nitrogens with zero attached hydrogens (tertiary/aromatic N) is 1. The van der Waals surface area contributed by atoms with Crippen molar-refractivity contribution in [3.05, 3.63) is 93.4 Å². The molecule has 0 saturated carbocycles. The molecule has 0 bridgehead atoms. The van der Waals surface area contributed by atoms with Crippen molar-refractivity contribution in [1.29, 1.82) is 0 Å². The van der Waals surface area contributed by atoms with Crippen molar-refractivity contribution in [3.8, 4) is 5.69 Å². The number of carbonyl (C=O) groups excluding carboxylic acids is 1. The Balaban J connectivity index is 1.79. The molecule has 186 valence electrons. The summed E-state index contributed by atoms with van der Waals surface area (Å²) in [6.07, 6.45) is -4.02. The molecular weight excluding hydrogens is 481 g/mol. The van der Waals surface area contributed by atoms with Gasteiger partial charge >= 0.3 is 6.18 Å². The Morgan fingerprint density at radius 1 is 1.00 bits per heavy atom. The fraction of sp³-hybridized carbons (Fsp3) is 0.280. The largest absolute Gasteiger partial charge is 0.416 e. The molecule has 0 fully saturated rings. The van der Waals surface area contributed by atoms with Crippen LogP contribution in [0.4, 0.5) is 13.2 Å². The van der Waals surface area contributed by atoms with E-state index >= 15 is 0 Å². The molecule has 0 aliphatic carbocycles. The van der Waals surface area contributed by atoms with Crippen LogP contribution in [0.5, 0.6) is 0 Å². The van der Waals surface area contributed by atoms with Gasteiger partial charge in [0, 0.05) is 17.9 Å². The standard InChI is InChI=1S/C25H25F3N2O4S/c1-4-17(3)35(33,34)21-12-6-18(7-13-21)15-29-23(31)22-14-5-16(2)30(24(22)32)20-10-8-19(9-11-20)25(26,27)28/h5-14,17H,4,15H2,1-3H3,(H,29,31). The van der Waals surface area contributed by atoms with E-state index in [1.54, 1.807) is 32.9 Å². The number of sulfone groups is 1. The van der Waals surface area contributed by atoms with Crippen molar-refractivity contribution < 1.29 is 26.4 Å². The highest BCUT2D eigenvalue weighted by molar-refractivity contribution is 7.92. The van der Waals surface area contributed by atoms with E-state index in [1.165, 1.54) is 41.0 Å². The number of carbonyl (C=O) groups is 1. The van der Waals surface area contributed by atoms with Gasteiger partial charge < -0.3 is 5.32 Å². The second-order valence-electron chi connectivity index (χ2n) is 8.16. The predicted molar refractivity (Wildman–Crippen MR) is 126 cm³/mol. The molecule has 6 nitrogen and oxygen atoms in total. The molecule has 1 atom stereocenters. The fourth-order valence-electron chi connectivity index (χ4n) is 3.45. The van der Waals surface area contributed by atoms with Gasteiger partial charge in [0.2, 0.25) is 0 Å². The van der Waals surface area contributed by atoms with Crippen LogP contribution in [0.1, 0.15) is 47.4 Å². The molecule has 0 aliphatic rings. The summed E-state index contributed by atoms with van der Waals surface area (Å²) in [4.78, 5) is 25.9. The Labute approximate surface area is 201 Å². The van der Waals surface area contributed by atoms with Gasteiger partial charge in [-0.05, 0) is 74.4 Å². The highest BCUT2D eigenvalue weighted by Crippen LogP contribution is 2.29. The van der Waals surface area contributed by atoms with E-state index in [2.05, 4.69) is 5.32 Å². The molecule has 1 unspecified atom stereocenters. The third kappa shape index (κ3) is 5.64. The zero-order valence-corrected chi connectivity index (χ0v) is 20.2. The van der Waals surface area contributed by atoms with Gasteiger partial charge in [0.05, 0.1) is 15.7 Å². The molecule has 0 aliphatic heterocycles. The number of benzene rings is 2. The monoisotopic (exact) mass is 506 g/mol. The third-order valence-corrected chi connectivity index (χ3v) is 8.11. The van der Waals surface area contributed by atoms with Gasteiger partial charge in [-0.15, -0.1) is 0 Å². The van der Waals surface area contributed by atoms with Crippen molar-refractivity contribution >= 4 is 15.7 Å². The summed E-state index contributed by atoms with van der Waals surface area (Å²) in [6, 6.07) is 13.1. The molecule has 35 heavy (non-hydrogen) atoms. The van der Waals surface area contributed by atoms with E-state index in [0.717, 1.165) is 12.1 Å². The van der Waals surface area contributed by atoms with Gasteiger partial charge in [0.15, 0.2) is 9.84 Å². The first-order valence-electron chi connectivity index (χ1n) is 10.9. The smallest absolute Gasteiger partial charge is 0.348 e. The van der Waals surface area contributed by atoms with Crippen LogP contribution in [-0.2, 0) is 22.6 Å². The highest BCUT2D eigenvalue weighted by Gasteiger charge is 2.30. The zero-order valence-electron chi connectivity index (χ0n) is 19.4. The summed E-state index contributed by atoms with van der Waals surface area (Å²) in [5.41, 5.74) is -0.401. The van der Waals surface area contributed by atoms with Crippen LogP contribution in [0.15, 0.2) is 70.4 Å². The SMILES string of the molecule is CCC(C)S(=O)(=O)c1ccc(CNC(=O)c2ccc(C)n(-c3ccc(C(F)(F)F)cc3)c2=O)cc1. The second-order valence-corrected chi connectivity index (χ2v) is 10.5. The fourth-order valence-corrected chi connectivity index (χ4v) is 4.87. The number of pyridine rings is 1. The van der Waals surface area contributed by atoms with Crippen molar-refractivity contribution in [3.63, 3.8) is 0 Å². The number of hydrogen-bond donors (Lipinski definition) is 1. The van der Waals surface area contributed by atoms with Crippen LogP contribution in [-0.4, -0.2) is 24.1 Å². The molecule has 1 heterocycles. The molecule has 0 saturated heterocycles. The summed E-state index contributed by atoms with van der Waals surface area (Å²) in [6.45, 7) is 5.09. The lowest BCUT2D eigenvalue weighted by Gasteiger charge is -2.14. The molecule has 3 aromatic rings. The molecule has 3 rings (SSSR count). The van der Waals surface area contributed by atoms with E-state index in [-0.39, 0.29) is 22.7 Å². The van der Waals surface area contributed by atoms with Gasteiger partial charge in [0.25, 0.3) is 11.5 Å². The molecule has 1 amide bonds. The van der Waals surface area contributed by atoms with Gasteiger partial charge in [-0.2, -0.15) is 13.2 Å². The number of amides is 1. The van der Waals surface area contributed by atoms with E-state index < -0.39 is 38.3 Å². The number of aryl methyl sites for hydroxylation is 1. The van der Waals surface area contributed by atoms with Crippen LogP contribution in [0, 0.1) is 6.92 Å². The van der Waals surface area contributed by atoms with Crippen molar-refractivity contribution in [2.75, 3.05) is 0 Å². The maximum atomic E-state index is 13.0. The van der Waals surface area contributed by atoms with Gasteiger partial charge in [-0.3, -0.25) is 14.2 Å². The minimum Gasteiger partial charge on any atom is -0.348 e. The highest BCUT2D eigenvalue weighted by atomic mass is 32.2. The van der Waals surface area contributed by atoms with Crippen molar-refractivity contribution in [2.45, 2.75) is 50.1 Å². The van der Waals surface area contributed by atoms with Crippen LogP contribution in [0.3, 0.4) is 0 Å². The summed E-state index contributed by atoms with van der Waals surface area (Å²) in [5.74, 6) is -0.660. The number of alkyl halides is 3. The first-order chi connectivity index (χ1) is 16.4. The minimum atomic E-state index is -4.50. The average Bonchev–Trinajstić information content (AvgIpc) is 2.82. The zero-order chi connectivity index (χ0) is 26.0. The Hall–Kier alpha value is -3.40. The number of aromatic nitrogens is 1. The molecule has 2 aromatic carbocycles. The van der Waals surface area contributed by atoms with Crippen LogP contribution in [0.25, 0.3) is 5.69 Å². The predicted octanol–water partition coefficient (Wildman–Crippen LogP) is 4.67. The molecular formula is C25H25F3N2O4S. The van der Waals surface area contributed by atoms with Gasteiger partial charge in [-0.1, -0.05) is 19.1 Å². The van der Waals surface area contributed by atoms with E-state index in [1.807, 2.05) is 0 Å². The average molecular weight is 507 g/mol. The van der Waals surface area contributed by atoms with Gasteiger partial charge in [0.1, 0.15) is 5.56 Å². The Kier molecular flexibility index (Phi) is 7.54. The van der Waals surface area contributed by atoms with Crippen LogP contribution in [0.2, 0.25) is 0 Å². The van der Waals surface area contributed by atoms with Crippen molar-refractivity contribution in [1.82, 2.24) is 9.88 Å². The quantitative estimate of drug-likeness (QED) is 0.505. The molecule has 0 spiro atoms. The summed E-state index contributed by atoms with van der Waals surface area (Å²) >= 11 is 0. The second kappa shape index (κ2) is 10.1. The van der Waals surface area contributed by atoms with Crippen LogP contribution < -0.4 is 10.9 Å². The molecule has 10 heteroatoms. The topological polar surface area (TPSA) is 85.2 Å². The Morgan fingerprint density at radius 3 is 2.14 bits per heavy atom. The minimum absolute atomic E-state index is 0.0517. The summed E-state index contributed by atoms with van der Waals surface area (Å²) in [5, 5.41) is 2.11. The Bertz CT molecular complexity index is 1380. The molecule has 0 radical (unpaired) electrons. The number of halogens is 3. The van der Waals surface area contributed by atoms with E-state index in [9.17, 15) is 31.2 Å². The first-order valence-corrected chi connectivity index (χ1v) is 12.4. The van der Waals surface area contributed by atoms with Crippen molar-refractivity contribution in [2.24, 2.45) is 0 Å². The summed E-state index contributed by atoms with van der Waals surface area (Å²) < 4.78 is 64.6. The van der Waals surface area contributed by atoms with Crippen LogP contribution >= 0.6 is 0 Å². The lowest BCUT2D eigenvalue weighted by molar-refractivity contribution is -0.137.